The fourth-order valence-electron chi connectivity index (χ4n) is 2.63. The lowest BCUT2D eigenvalue weighted by Gasteiger charge is -2.24. The zero-order valence-corrected chi connectivity index (χ0v) is 11.4. The van der Waals surface area contributed by atoms with Crippen LogP contribution in [0.3, 0.4) is 0 Å². The van der Waals surface area contributed by atoms with Gasteiger partial charge in [0.25, 0.3) is 0 Å². The van der Waals surface area contributed by atoms with Crippen LogP contribution < -0.4 is 0 Å². The predicted octanol–water partition coefficient (Wildman–Crippen LogP) is 4.33. The van der Waals surface area contributed by atoms with E-state index in [4.69, 9.17) is 28.2 Å². The van der Waals surface area contributed by atoms with E-state index < -0.39 is 0 Å². The van der Waals surface area contributed by atoms with Gasteiger partial charge in [-0.25, -0.2) is 4.98 Å². The number of imidazole rings is 1. The van der Waals surface area contributed by atoms with E-state index >= 15 is 0 Å². The first-order valence-corrected chi connectivity index (χ1v) is 6.69. The zero-order valence-electron chi connectivity index (χ0n) is 9.87. The molecule has 0 aliphatic heterocycles. The second kappa shape index (κ2) is 3.89. The highest BCUT2D eigenvalue weighted by Crippen LogP contribution is 2.37. The van der Waals surface area contributed by atoms with E-state index in [2.05, 4.69) is 18.2 Å². The molecule has 0 amide bonds. The number of halogens is 2. The molecule has 90 valence electrons. The van der Waals surface area contributed by atoms with Crippen LogP contribution in [0.15, 0.2) is 12.3 Å². The summed E-state index contributed by atoms with van der Waals surface area (Å²) in [4.78, 5) is 4.70. The van der Waals surface area contributed by atoms with Crippen LogP contribution in [0.1, 0.15) is 37.6 Å². The van der Waals surface area contributed by atoms with Gasteiger partial charge < -0.3 is 4.40 Å². The molecule has 2 nitrogen and oxygen atoms in total. The maximum Gasteiger partial charge on any atom is 0.156 e. The summed E-state index contributed by atoms with van der Waals surface area (Å²) in [5.41, 5.74) is 3.30. The Bertz CT molecular complexity index is 589. The molecule has 0 N–H and O–H groups in total. The minimum Gasteiger partial charge on any atom is -0.301 e. The van der Waals surface area contributed by atoms with Gasteiger partial charge in [-0.1, -0.05) is 37.0 Å². The predicted molar refractivity (Wildman–Crippen MR) is 71.1 cm³/mol. The van der Waals surface area contributed by atoms with Crippen molar-refractivity contribution in [1.82, 2.24) is 9.38 Å². The van der Waals surface area contributed by atoms with Gasteiger partial charge >= 0.3 is 0 Å². The molecule has 0 fully saturated rings. The van der Waals surface area contributed by atoms with Crippen LogP contribution in [0.5, 0.6) is 0 Å². The van der Waals surface area contributed by atoms with Gasteiger partial charge in [-0.05, 0) is 24.8 Å². The van der Waals surface area contributed by atoms with E-state index in [0.717, 1.165) is 12.1 Å². The van der Waals surface area contributed by atoms with Crippen LogP contribution >= 0.6 is 23.2 Å². The molecule has 0 bridgehead atoms. The van der Waals surface area contributed by atoms with Crippen molar-refractivity contribution in [1.29, 1.82) is 0 Å². The average molecular weight is 269 g/mol. The number of hydrogen-bond acceptors (Lipinski definition) is 1. The SMILES string of the molecule is CC1CCc2c(nc3c(Cl)cc(Cl)cn23)C1C. The topological polar surface area (TPSA) is 17.3 Å². The first-order valence-electron chi connectivity index (χ1n) is 5.94. The Morgan fingerprint density at radius 3 is 2.88 bits per heavy atom. The molecule has 0 aromatic carbocycles. The Morgan fingerprint density at radius 2 is 2.12 bits per heavy atom. The fourth-order valence-corrected chi connectivity index (χ4v) is 3.15. The maximum atomic E-state index is 6.20. The third kappa shape index (κ3) is 1.66. The van der Waals surface area contributed by atoms with Crippen LogP contribution in [0.4, 0.5) is 0 Å². The van der Waals surface area contributed by atoms with Crippen molar-refractivity contribution in [2.75, 3.05) is 0 Å². The summed E-state index contributed by atoms with van der Waals surface area (Å²) in [5.74, 6) is 1.18. The van der Waals surface area contributed by atoms with Gasteiger partial charge in [-0.2, -0.15) is 0 Å². The number of aromatic nitrogens is 2. The van der Waals surface area contributed by atoms with Crippen molar-refractivity contribution in [3.8, 4) is 0 Å². The summed E-state index contributed by atoms with van der Waals surface area (Å²) in [7, 11) is 0. The first kappa shape index (κ1) is 11.4. The van der Waals surface area contributed by atoms with Crippen LogP contribution in [0.2, 0.25) is 10.0 Å². The van der Waals surface area contributed by atoms with Crippen molar-refractivity contribution in [2.24, 2.45) is 5.92 Å². The van der Waals surface area contributed by atoms with E-state index in [0.29, 0.717) is 21.9 Å². The number of pyridine rings is 1. The van der Waals surface area contributed by atoms with Gasteiger partial charge in [-0.15, -0.1) is 0 Å². The molecule has 0 saturated heterocycles. The summed E-state index contributed by atoms with van der Waals surface area (Å²) >= 11 is 12.3. The lowest BCUT2D eigenvalue weighted by Crippen LogP contribution is -2.16. The fraction of sp³-hybridized carbons (Fsp3) is 0.462. The molecule has 17 heavy (non-hydrogen) atoms. The lowest BCUT2D eigenvalue weighted by molar-refractivity contribution is 0.415. The quantitative estimate of drug-likeness (QED) is 0.696. The van der Waals surface area contributed by atoms with Gasteiger partial charge in [0.1, 0.15) is 0 Å². The van der Waals surface area contributed by atoms with Gasteiger partial charge in [0.15, 0.2) is 5.65 Å². The second-order valence-electron chi connectivity index (χ2n) is 4.95. The van der Waals surface area contributed by atoms with Crippen molar-refractivity contribution in [2.45, 2.75) is 32.6 Å². The first-order chi connectivity index (χ1) is 8.08. The number of aryl methyl sites for hydroxylation is 1. The van der Waals surface area contributed by atoms with E-state index in [-0.39, 0.29) is 0 Å². The van der Waals surface area contributed by atoms with Gasteiger partial charge in [-0.3, -0.25) is 0 Å². The third-order valence-electron chi connectivity index (χ3n) is 3.89. The molecule has 0 spiro atoms. The molecular weight excluding hydrogens is 255 g/mol. The molecule has 1 aliphatic rings. The molecule has 2 aromatic rings. The molecular formula is C13H14Cl2N2. The van der Waals surface area contributed by atoms with E-state index in [1.807, 2.05) is 6.20 Å². The molecule has 4 heteroatoms. The van der Waals surface area contributed by atoms with Crippen molar-refractivity contribution >= 4 is 28.8 Å². The lowest BCUT2D eigenvalue weighted by atomic mass is 9.82. The van der Waals surface area contributed by atoms with Gasteiger partial charge in [0.2, 0.25) is 0 Å². The largest absolute Gasteiger partial charge is 0.301 e. The minimum absolute atomic E-state index is 0.494. The highest BCUT2D eigenvalue weighted by Gasteiger charge is 2.27. The molecule has 0 saturated carbocycles. The minimum atomic E-state index is 0.494. The van der Waals surface area contributed by atoms with Crippen molar-refractivity contribution in [3.63, 3.8) is 0 Å². The molecule has 1 aliphatic carbocycles. The molecule has 2 aromatic heterocycles. The molecule has 3 rings (SSSR count). The van der Waals surface area contributed by atoms with Crippen LogP contribution in [0, 0.1) is 5.92 Å². The van der Waals surface area contributed by atoms with Gasteiger partial charge in [0.05, 0.1) is 15.7 Å². The molecule has 2 atom stereocenters. The highest BCUT2D eigenvalue weighted by atomic mass is 35.5. The second-order valence-corrected chi connectivity index (χ2v) is 5.79. The summed E-state index contributed by atoms with van der Waals surface area (Å²) in [5, 5.41) is 1.29. The Balaban J connectivity index is 2.31. The van der Waals surface area contributed by atoms with Gasteiger partial charge in [0, 0.05) is 17.8 Å². The number of hydrogen-bond donors (Lipinski definition) is 0. The number of fused-ring (bicyclic) bond motifs is 3. The average Bonchev–Trinajstić information content (AvgIpc) is 2.63. The van der Waals surface area contributed by atoms with Crippen LogP contribution in [-0.4, -0.2) is 9.38 Å². The molecule has 2 unspecified atom stereocenters. The maximum absolute atomic E-state index is 6.20. The third-order valence-corrected chi connectivity index (χ3v) is 4.38. The summed E-state index contributed by atoms with van der Waals surface area (Å²) < 4.78 is 2.06. The zero-order chi connectivity index (χ0) is 12.2. The van der Waals surface area contributed by atoms with Crippen molar-refractivity contribution in [3.05, 3.63) is 33.7 Å². The smallest absolute Gasteiger partial charge is 0.156 e. The summed E-state index contributed by atoms with van der Waals surface area (Å²) in [6, 6.07) is 1.75. The van der Waals surface area contributed by atoms with Crippen LogP contribution in [-0.2, 0) is 6.42 Å². The Hall–Kier alpha value is -0.730. The van der Waals surface area contributed by atoms with E-state index in [9.17, 15) is 0 Å². The molecule has 2 heterocycles. The van der Waals surface area contributed by atoms with E-state index in [1.165, 1.54) is 17.8 Å². The van der Waals surface area contributed by atoms with Crippen LogP contribution in [0.25, 0.3) is 5.65 Å². The van der Waals surface area contributed by atoms with E-state index in [1.54, 1.807) is 6.07 Å². The highest BCUT2D eigenvalue weighted by molar-refractivity contribution is 6.36. The monoisotopic (exact) mass is 268 g/mol. The molecule has 0 radical (unpaired) electrons. The number of nitrogens with zero attached hydrogens (tertiary/aromatic N) is 2. The Morgan fingerprint density at radius 1 is 1.35 bits per heavy atom. The normalized spacial score (nSPS) is 24.0. The Kier molecular flexibility index (Phi) is 2.60. The standard InChI is InChI=1S/C13H14Cl2N2/c1-7-3-4-11-12(8(7)2)16-13-10(15)5-9(14)6-17(11)13/h5-8H,3-4H2,1-2H3. The Labute approximate surface area is 111 Å². The number of rotatable bonds is 0. The van der Waals surface area contributed by atoms with Crippen molar-refractivity contribution < 1.29 is 0 Å². The summed E-state index contributed by atoms with van der Waals surface area (Å²) in [6.45, 7) is 4.52. The summed E-state index contributed by atoms with van der Waals surface area (Å²) in [6.07, 6.45) is 4.17.